The van der Waals surface area contributed by atoms with Gasteiger partial charge in [-0.2, -0.15) is 5.10 Å². The number of benzene rings is 1. The molecule has 2 aromatic rings. The van der Waals surface area contributed by atoms with E-state index in [2.05, 4.69) is 20.5 Å². The quantitative estimate of drug-likeness (QED) is 0.793. The van der Waals surface area contributed by atoms with Crippen molar-refractivity contribution in [3.05, 3.63) is 40.3 Å². The summed E-state index contributed by atoms with van der Waals surface area (Å²) in [6, 6.07) is 3.91. The van der Waals surface area contributed by atoms with E-state index < -0.39 is 5.82 Å². The third kappa shape index (κ3) is 3.39. The largest absolute Gasteiger partial charge is 0.494 e. The number of nitrogens with zero attached hydrogens (tertiary/aromatic N) is 2. The minimum Gasteiger partial charge on any atom is -0.494 e. The number of nitrogens with one attached hydrogen (secondary N) is 3. The minimum atomic E-state index is -0.482. The van der Waals surface area contributed by atoms with Gasteiger partial charge in [-0.3, -0.25) is 4.98 Å². The minimum absolute atomic E-state index is 0.0778. The lowest BCUT2D eigenvalue weighted by Gasteiger charge is -2.31. The molecule has 1 aromatic heterocycles. The van der Waals surface area contributed by atoms with Crippen molar-refractivity contribution in [2.45, 2.75) is 18.8 Å². The zero-order valence-electron chi connectivity index (χ0n) is 13.1. The maximum atomic E-state index is 13.4. The Kier molecular flexibility index (Phi) is 4.50. The van der Waals surface area contributed by atoms with E-state index in [1.54, 1.807) is 4.90 Å². The summed E-state index contributed by atoms with van der Waals surface area (Å²) >= 11 is 0. The first-order chi connectivity index (χ1) is 11.6. The molecule has 24 heavy (non-hydrogen) atoms. The van der Waals surface area contributed by atoms with E-state index >= 15 is 0 Å². The second-order valence-electron chi connectivity index (χ2n) is 5.60. The lowest BCUT2D eigenvalue weighted by Crippen LogP contribution is -2.40. The first-order valence-corrected chi connectivity index (χ1v) is 7.61. The van der Waals surface area contributed by atoms with Crippen molar-refractivity contribution < 1.29 is 13.9 Å². The molecular weight excluding hydrogens is 317 g/mol. The molecule has 0 spiro atoms. The molecule has 3 rings (SSSR count). The number of aromatic nitrogens is 3. The number of hydrogen-bond donors (Lipinski definition) is 3. The molecule has 0 bridgehead atoms. The number of halogens is 1. The number of urea groups is 1. The third-order valence-electron chi connectivity index (χ3n) is 4.09. The number of hydrogen-bond acceptors (Lipinski definition) is 4. The Bertz CT molecular complexity index is 779. The molecule has 0 aliphatic carbocycles. The Balaban J connectivity index is 1.58. The van der Waals surface area contributed by atoms with Crippen LogP contribution in [0.2, 0.25) is 0 Å². The predicted octanol–water partition coefficient (Wildman–Crippen LogP) is 1.66. The molecule has 1 aromatic carbocycles. The molecule has 1 fully saturated rings. The molecule has 8 nitrogen and oxygen atoms in total. The van der Waals surface area contributed by atoms with Gasteiger partial charge in [0.1, 0.15) is 5.82 Å². The molecule has 9 heteroatoms. The van der Waals surface area contributed by atoms with Gasteiger partial charge in [0.2, 0.25) is 0 Å². The molecular formula is C15H18FN5O3. The third-order valence-corrected chi connectivity index (χ3v) is 4.09. The summed E-state index contributed by atoms with van der Waals surface area (Å²) in [4.78, 5) is 27.7. The Morgan fingerprint density at radius 2 is 2.17 bits per heavy atom. The summed E-state index contributed by atoms with van der Waals surface area (Å²) in [6.45, 7) is 1.09. The number of piperidine rings is 1. The number of methoxy groups -OCH3 is 1. The van der Waals surface area contributed by atoms with Crippen LogP contribution in [-0.2, 0) is 0 Å². The van der Waals surface area contributed by atoms with E-state index in [-0.39, 0.29) is 23.4 Å². The van der Waals surface area contributed by atoms with Crippen molar-refractivity contribution >= 4 is 11.7 Å². The van der Waals surface area contributed by atoms with Gasteiger partial charge in [-0.15, -0.1) is 0 Å². The second-order valence-corrected chi connectivity index (χ2v) is 5.60. The highest BCUT2D eigenvalue weighted by Gasteiger charge is 2.25. The maximum Gasteiger partial charge on any atom is 0.340 e. The molecule has 1 aliphatic rings. The Hall–Kier alpha value is -2.84. The Labute approximate surface area is 137 Å². The summed E-state index contributed by atoms with van der Waals surface area (Å²) in [6.07, 6.45) is 1.42. The first-order valence-electron chi connectivity index (χ1n) is 7.61. The van der Waals surface area contributed by atoms with Crippen molar-refractivity contribution in [3.8, 4) is 5.75 Å². The van der Waals surface area contributed by atoms with E-state index in [1.807, 2.05) is 0 Å². The van der Waals surface area contributed by atoms with Crippen LogP contribution in [0.4, 0.5) is 14.9 Å². The number of aromatic amines is 2. The SMILES string of the molecule is COc1cc(NC(=O)N2CCC(c3n[nH]c(=O)[nH]3)CC2)ccc1F. The number of ether oxygens (including phenoxy) is 1. The highest BCUT2D eigenvalue weighted by molar-refractivity contribution is 5.89. The van der Waals surface area contributed by atoms with Crippen LogP contribution in [0, 0.1) is 5.82 Å². The van der Waals surface area contributed by atoms with Crippen molar-refractivity contribution in [1.29, 1.82) is 0 Å². The number of anilines is 1. The van der Waals surface area contributed by atoms with Gasteiger partial charge in [0.25, 0.3) is 0 Å². The zero-order valence-corrected chi connectivity index (χ0v) is 13.1. The molecule has 2 heterocycles. The Morgan fingerprint density at radius 1 is 1.42 bits per heavy atom. The van der Waals surface area contributed by atoms with Gasteiger partial charge >= 0.3 is 11.7 Å². The fraction of sp³-hybridized carbons (Fsp3) is 0.400. The monoisotopic (exact) mass is 335 g/mol. The smallest absolute Gasteiger partial charge is 0.340 e. The molecule has 2 amide bonds. The number of H-pyrrole nitrogens is 2. The van der Waals surface area contributed by atoms with Crippen LogP contribution < -0.4 is 15.7 Å². The van der Waals surface area contributed by atoms with Gasteiger partial charge in [-0.25, -0.2) is 19.1 Å². The van der Waals surface area contributed by atoms with Crippen molar-refractivity contribution in [3.63, 3.8) is 0 Å². The van der Waals surface area contributed by atoms with E-state index in [0.717, 1.165) is 0 Å². The number of amides is 2. The van der Waals surface area contributed by atoms with Gasteiger partial charge in [0.05, 0.1) is 7.11 Å². The predicted molar refractivity (Wildman–Crippen MR) is 84.7 cm³/mol. The number of carbonyl (C=O) groups excluding carboxylic acids is 1. The highest BCUT2D eigenvalue weighted by Crippen LogP contribution is 2.26. The average molecular weight is 335 g/mol. The topological polar surface area (TPSA) is 103 Å². The van der Waals surface area contributed by atoms with Crippen LogP contribution >= 0.6 is 0 Å². The van der Waals surface area contributed by atoms with Crippen LogP contribution in [0.15, 0.2) is 23.0 Å². The van der Waals surface area contributed by atoms with E-state index in [9.17, 15) is 14.0 Å². The summed E-state index contributed by atoms with van der Waals surface area (Å²) in [5, 5.41) is 9.03. The van der Waals surface area contributed by atoms with Gasteiger partial charge in [-0.1, -0.05) is 0 Å². The fourth-order valence-corrected chi connectivity index (χ4v) is 2.77. The molecule has 1 saturated heterocycles. The van der Waals surface area contributed by atoms with Crippen molar-refractivity contribution in [2.24, 2.45) is 0 Å². The molecule has 3 N–H and O–H groups in total. The summed E-state index contributed by atoms with van der Waals surface area (Å²) in [7, 11) is 1.37. The highest BCUT2D eigenvalue weighted by atomic mass is 19.1. The van der Waals surface area contributed by atoms with E-state index in [1.165, 1.54) is 25.3 Å². The standard InChI is InChI=1S/C15H18FN5O3/c1-24-12-8-10(2-3-11(12)16)17-15(23)21-6-4-9(5-7-21)13-18-14(22)20-19-13/h2-3,8-9H,4-7H2,1H3,(H,17,23)(H2,18,19,20,22). The molecule has 1 aliphatic heterocycles. The van der Waals surface area contributed by atoms with Crippen LogP contribution in [0.25, 0.3) is 0 Å². The maximum absolute atomic E-state index is 13.4. The number of likely N-dealkylation sites (tertiary alicyclic amines) is 1. The lowest BCUT2D eigenvalue weighted by atomic mass is 9.96. The molecule has 128 valence electrons. The van der Waals surface area contributed by atoms with Gasteiger partial charge in [-0.05, 0) is 25.0 Å². The molecule has 0 saturated carbocycles. The summed E-state index contributed by atoms with van der Waals surface area (Å²) in [5.74, 6) is 0.348. The van der Waals surface area contributed by atoms with Crippen LogP contribution in [0.3, 0.4) is 0 Å². The number of rotatable bonds is 3. The van der Waals surface area contributed by atoms with Crippen molar-refractivity contribution in [2.75, 3.05) is 25.5 Å². The molecule has 0 unspecified atom stereocenters. The molecule has 0 radical (unpaired) electrons. The van der Waals surface area contributed by atoms with Crippen LogP contribution in [0.1, 0.15) is 24.6 Å². The van der Waals surface area contributed by atoms with Gasteiger partial charge in [0.15, 0.2) is 11.6 Å². The summed E-state index contributed by atoms with van der Waals surface area (Å²) in [5.41, 5.74) is 0.146. The summed E-state index contributed by atoms with van der Waals surface area (Å²) < 4.78 is 18.3. The van der Waals surface area contributed by atoms with Gasteiger partial charge < -0.3 is 15.0 Å². The van der Waals surface area contributed by atoms with Crippen molar-refractivity contribution in [1.82, 2.24) is 20.1 Å². The fourth-order valence-electron chi connectivity index (χ4n) is 2.77. The molecule has 0 atom stereocenters. The van der Waals surface area contributed by atoms with E-state index in [4.69, 9.17) is 4.74 Å². The Morgan fingerprint density at radius 3 is 2.79 bits per heavy atom. The van der Waals surface area contributed by atoms with Gasteiger partial charge in [0, 0.05) is 30.8 Å². The normalized spacial score (nSPS) is 15.3. The van der Waals surface area contributed by atoms with E-state index in [0.29, 0.717) is 37.4 Å². The van der Waals surface area contributed by atoms with Crippen LogP contribution in [-0.4, -0.2) is 46.3 Å². The second kappa shape index (κ2) is 6.73. The lowest BCUT2D eigenvalue weighted by molar-refractivity contribution is 0.193. The number of carbonyl (C=O) groups is 1. The first kappa shape index (κ1) is 16.0. The van der Waals surface area contributed by atoms with Crippen LogP contribution in [0.5, 0.6) is 5.75 Å². The zero-order chi connectivity index (χ0) is 17.1. The average Bonchev–Trinajstić information content (AvgIpc) is 3.03.